The number of rotatable bonds is 2. The smallest absolute Gasteiger partial charge is 0.177 e. The SMILES string of the molecule is N/N=C(/N)SCc1c(F)ccc(Br)c1F. The van der Waals surface area contributed by atoms with Gasteiger partial charge in [-0.25, -0.2) is 8.78 Å². The van der Waals surface area contributed by atoms with Gasteiger partial charge < -0.3 is 11.6 Å². The minimum Gasteiger partial charge on any atom is -0.377 e. The van der Waals surface area contributed by atoms with Crippen molar-refractivity contribution in [1.29, 1.82) is 0 Å². The first-order valence-electron chi connectivity index (χ1n) is 3.84. The molecule has 0 spiro atoms. The van der Waals surface area contributed by atoms with E-state index in [-0.39, 0.29) is 21.0 Å². The molecule has 0 saturated carbocycles. The Labute approximate surface area is 98.0 Å². The van der Waals surface area contributed by atoms with Crippen LogP contribution in [0.15, 0.2) is 21.7 Å². The number of halogens is 3. The number of hydrogen-bond acceptors (Lipinski definition) is 3. The van der Waals surface area contributed by atoms with Crippen LogP contribution >= 0.6 is 27.7 Å². The highest BCUT2D eigenvalue weighted by atomic mass is 79.9. The summed E-state index contributed by atoms with van der Waals surface area (Å²) in [5.74, 6) is 3.68. The third-order valence-electron chi connectivity index (χ3n) is 1.63. The molecule has 0 radical (unpaired) electrons. The van der Waals surface area contributed by atoms with Crippen molar-refractivity contribution in [2.24, 2.45) is 16.7 Å². The first kappa shape index (κ1) is 12.3. The monoisotopic (exact) mass is 295 g/mol. The van der Waals surface area contributed by atoms with Crippen molar-refractivity contribution in [2.45, 2.75) is 5.75 Å². The van der Waals surface area contributed by atoms with Gasteiger partial charge in [0, 0.05) is 11.3 Å². The predicted octanol–water partition coefficient (Wildman–Crippen LogP) is 2.15. The highest BCUT2D eigenvalue weighted by molar-refractivity contribution is 9.10. The summed E-state index contributed by atoms with van der Waals surface area (Å²) in [7, 11) is 0. The third-order valence-corrected chi connectivity index (χ3v) is 3.08. The lowest BCUT2D eigenvalue weighted by atomic mass is 10.2. The summed E-state index contributed by atoms with van der Waals surface area (Å²) in [5.41, 5.74) is 5.24. The summed E-state index contributed by atoms with van der Waals surface area (Å²) in [6.45, 7) is 0. The zero-order chi connectivity index (χ0) is 11.4. The average Bonchev–Trinajstić information content (AvgIpc) is 2.23. The maximum Gasteiger partial charge on any atom is 0.177 e. The fraction of sp³-hybridized carbons (Fsp3) is 0.125. The van der Waals surface area contributed by atoms with Crippen LogP contribution in [0.25, 0.3) is 0 Å². The number of hydrazone groups is 1. The Bertz CT molecular complexity index is 398. The first-order valence-corrected chi connectivity index (χ1v) is 5.62. The normalized spacial score (nSPS) is 11.8. The Hall–Kier alpha value is -0.820. The van der Waals surface area contributed by atoms with Gasteiger partial charge in [0.1, 0.15) is 11.6 Å². The van der Waals surface area contributed by atoms with E-state index in [1.165, 1.54) is 12.1 Å². The van der Waals surface area contributed by atoms with Crippen LogP contribution in [0.5, 0.6) is 0 Å². The van der Waals surface area contributed by atoms with Crippen molar-refractivity contribution >= 4 is 32.9 Å². The van der Waals surface area contributed by atoms with Crippen LogP contribution in [0.4, 0.5) is 8.78 Å². The molecule has 82 valence electrons. The van der Waals surface area contributed by atoms with E-state index in [0.29, 0.717) is 0 Å². The van der Waals surface area contributed by atoms with Crippen LogP contribution in [0.1, 0.15) is 5.56 Å². The van der Waals surface area contributed by atoms with Crippen LogP contribution in [0, 0.1) is 11.6 Å². The molecule has 0 amide bonds. The lowest BCUT2D eigenvalue weighted by Crippen LogP contribution is -2.10. The summed E-state index contributed by atoms with van der Waals surface area (Å²) < 4.78 is 26.8. The fourth-order valence-electron chi connectivity index (χ4n) is 0.885. The first-order chi connectivity index (χ1) is 7.06. The summed E-state index contributed by atoms with van der Waals surface area (Å²) >= 11 is 3.94. The second kappa shape index (κ2) is 5.32. The van der Waals surface area contributed by atoms with E-state index in [4.69, 9.17) is 11.6 Å². The van der Waals surface area contributed by atoms with E-state index >= 15 is 0 Å². The van der Waals surface area contributed by atoms with Gasteiger partial charge in [-0.2, -0.15) is 5.10 Å². The van der Waals surface area contributed by atoms with Crippen molar-refractivity contribution in [3.63, 3.8) is 0 Å². The summed E-state index contributed by atoms with van der Waals surface area (Å²) in [6, 6.07) is 2.48. The van der Waals surface area contributed by atoms with Crippen LogP contribution in [0.3, 0.4) is 0 Å². The Morgan fingerprint density at radius 2 is 2.13 bits per heavy atom. The zero-order valence-electron chi connectivity index (χ0n) is 7.51. The van der Waals surface area contributed by atoms with Crippen LogP contribution in [0.2, 0.25) is 0 Å². The molecular formula is C8H8BrF2N3S. The van der Waals surface area contributed by atoms with Crippen LogP contribution in [-0.4, -0.2) is 5.17 Å². The topological polar surface area (TPSA) is 64.4 Å². The van der Waals surface area contributed by atoms with Crippen LogP contribution < -0.4 is 11.6 Å². The molecule has 7 heteroatoms. The molecule has 0 aliphatic rings. The predicted molar refractivity (Wildman–Crippen MR) is 61.2 cm³/mol. The van der Waals surface area contributed by atoms with E-state index in [9.17, 15) is 8.78 Å². The minimum atomic E-state index is -0.632. The Morgan fingerprint density at radius 3 is 2.73 bits per heavy atom. The van der Waals surface area contributed by atoms with Gasteiger partial charge in [0.25, 0.3) is 0 Å². The van der Waals surface area contributed by atoms with Gasteiger partial charge in [-0.1, -0.05) is 11.8 Å². The molecule has 0 heterocycles. The Kier molecular flexibility index (Phi) is 4.34. The highest BCUT2D eigenvalue weighted by Gasteiger charge is 2.12. The Morgan fingerprint density at radius 1 is 1.47 bits per heavy atom. The molecule has 3 nitrogen and oxygen atoms in total. The summed E-state index contributed by atoms with van der Waals surface area (Å²) in [4.78, 5) is 0. The number of amidine groups is 1. The third kappa shape index (κ3) is 3.07. The molecule has 1 rings (SSSR count). The largest absolute Gasteiger partial charge is 0.377 e. The fourth-order valence-corrected chi connectivity index (χ4v) is 1.89. The molecule has 1 aromatic carbocycles. The van der Waals surface area contributed by atoms with Crippen molar-refractivity contribution in [3.05, 3.63) is 33.8 Å². The second-order valence-corrected chi connectivity index (χ2v) is 4.43. The molecule has 4 N–H and O–H groups in total. The van der Waals surface area contributed by atoms with E-state index in [2.05, 4.69) is 21.0 Å². The number of nitrogens with zero attached hydrogens (tertiary/aromatic N) is 1. The molecule has 0 atom stereocenters. The van der Waals surface area contributed by atoms with Crippen molar-refractivity contribution < 1.29 is 8.78 Å². The lowest BCUT2D eigenvalue weighted by Gasteiger charge is -2.05. The molecule has 0 saturated heterocycles. The second-order valence-electron chi connectivity index (χ2n) is 2.58. The number of thioether (sulfide) groups is 1. The van der Waals surface area contributed by atoms with Crippen molar-refractivity contribution in [3.8, 4) is 0 Å². The van der Waals surface area contributed by atoms with Gasteiger partial charge in [0.15, 0.2) is 5.17 Å². The van der Waals surface area contributed by atoms with E-state index in [1.54, 1.807) is 0 Å². The molecule has 0 aliphatic heterocycles. The van der Waals surface area contributed by atoms with Crippen molar-refractivity contribution in [1.82, 2.24) is 0 Å². The molecule has 0 bridgehead atoms. The molecule has 0 unspecified atom stereocenters. The molecule has 1 aromatic rings. The van der Waals surface area contributed by atoms with Crippen molar-refractivity contribution in [2.75, 3.05) is 0 Å². The summed E-state index contributed by atoms with van der Waals surface area (Å²) in [6.07, 6.45) is 0. The van der Waals surface area contributed by atoms with Crippen LogP contribution in [-0.2, 0) is 5.75 Å². The van der Waals surface area contributed by atoms with Gasteiger partial charge in [0.05, 0.1) is 4.47 Å². The van der Waals surface area contributed by atoms with Gasteiger partial charge >= 0.3 is 0 Å². The van der Waals surface area contributed by atoms with E-state index in [1.807, 2.05) is 0 Å². The molecule has 0 fully saturated rings. The molecule has 0 aromatic heterocycles. The van der Waals surface area contributed by atoms with Gasteiger partial charge in [-0.3, -0.25) is 0 Å². The molecule has 0 aliphatic carbocycles. The number of hydrogen-bond donors (Lipinski definition) is 2. The van der Waals surface area contributed by atoms with Gasteiger partial charge in [-0.05, 0) is 28.1 Å². The van der Waals surface area contributed by atoms with E-state index in [0.717, 1.165) is 11.8 Å². The highest BCUT2D eigenvalue weighted by Crippen LogP contribution is 2.24. The summed E-state index contributed by atoms with van der Waals surface area (Å²) in [5, 5.41) is 3.26. The molecular weight excluding hydrogens is 288 g/mol. The van der Waals surface area contributed by atoms with Gasteiger partial charge in [-0.15, -0.1) is 0 Å². The standard InChI is InChI=1S/C8H8BrF2N3S/c9-5-1-2-6(10)4(7(5)11)3-15-8(12)14-13/h1-2H,3,13H2,(H2,12,14). The molecule has 15 heavy (non-hydrogen) atoms. The maximum atomic E-state index is 13.4. The number of nitrogens with two attached hydrogens (primary N) is 2. The minimum absolute atomic E-state index is 0.0453. The lowest BCUT2D eigenvalue weighted by molar-refractivity contribution is 0.562. The van der Waals surface area contributed by atoms with E-state index < -0.39 is 11.6 Å². The maximum absolute atomic E-state index is 13.4. The average molecular weight is 296 g/mol. The van der Waals surface area contributed by atoms with Gasteiger partial charge in [0.2, 0.25) is 0 Å². The Balaban J connectivity index is 2.89. The quantitative estimate of drug-likeness (QED) is 0.289. The zero-order valence-corrected chi connectivity index (χ0v) is 9.91. The number of benzene rings is 1.